The van der Waals surface area contributed by atoms with E-state index in [-0.39, 0.29) is 18.0 Å². The Hall–Kier alpha value is -3.41. The number of ether oxygens (including phenoxy) is 1. The molecule has 1 aliphatic heterocycles. The van der Waals surface area contributed by atoms with Gasteiger partial charge in [-0.3, -0.25) is 9.48 Å². The third-order valence-corrected chi connectivity index (χ3v) is 5.35. The van der Waals surface area contributed by atoms with Crippen LogP contribution in [0.25, 0.3) is 0 Å². The molecule has 0 saturated heterocycles. The fourth-order valence-corrected chi connectivity index (χ4v) is 3.82. The lowest BCUT2D eigenvalue weighted by molar-refractivity contribution is 0.0252. The fourth-order valence-electron chi connectivity index (χ4n) is 3.82. The Balaban J connectivity index is 1.39. The summed E-state index contributed by atoms with van der Waals surface area (Å²) in [6, 6.07) is 16.9. The Morgan fingerprint density at radius 1 is 1.17 bits per heavy atom. The van der Waals surface area contributed by atoms with E-state index in [1.54, 1.807) is 12.1 Å². The van der Waals surface area contributed by atoms with Gasteiger partial charge in [-0.25, -0.2) is 4.79 Å². The van der Waals surface area contributed by atoms with Crippen LogP contribution in [0.5, 0.6) is 0 Å². The molecule has 0 bridgehead atoms. The van der Waals surface area contributed by atoms with Crippen molar-refractivity contribution >= 4 is 11.9 Å². The van der Waals surface area contributed by atoms with Crippen molar-refractivity contribution in [3.63, 3.8) is 0 Å². The molecule has 0 saturated carbocycles. The van der Waals surface area contributed by atoms with Gasteiger partial charge in [0.05, 0.1) is 11.3 Å². The first kappa shape index (κ1) is 19.9. The monoisotopic (exact) mass is 403 g/mol. The molecule has 1 atom stereocenters. The van der Waals surface area contributed by atoms with Gasteiger partial charge in [0.15, 0.2) is 0 Å². The van der Waals surface area contributed by atoms with Crippen molar-refractivity contribution in [3.8, 4) is 0 Å². The summed E-state index contributed by atoms with van der Waals surface area (Å²) in [6.07, 6.45) is 1.02. The lowest BCUT2D eigenvalue weighted by atomic mass is 9.93. The normalized spacial score (nSPS) is 15.4. The summed E-state index contributed by atoms with van der Waals surface area (Å²) in [5.74, 6) is -0.483. The maximum Gasteiger partial charge on any atom is 0.339 e. The van der Waals surface area contributed by atoms with Crippen molar-refractivity contribution in [1.82, 2.24) is 15.1 Å². The van der Waals surface area contributed by atoms with Crippen LogP contribution in [0, 0.1) is 13.8 Å². The van der Waals surface area contributed by atoms with E-state index >= 15 is 0 Å². The number of fused-ring (bicyclic) bond motifs is 1. The molecule has 0 fully saturated rings. The van der Waals surface area contributed by atoms with Crippen molar-refractivity contribution in [2.24, 2.45) is 0 Å². The largest absolute Gasteiger partial charge is 0.454 e. The van der Waals surface area contributed by atoms with Crippen LogP contribution in [-0.4, -0.2) is 28.2 Å². The number of nitrogens with one attached hydrogen (secondary N) is 1. The minimum absolute atomic E-state index is 0.138. The van der Waals surface area contributed by atoms with Gasteiger partial charge in [0.25, 0.3) is 5.91 Å². The molecule has 1 aliphatic rings. The van der Waals surface area contributed by atoms with Crippen LogP contribution in [0.3, 0.4) is 0 Å². The van der Waals surface area contributed by atoms with Crippen LogP contribution in [0.2, 0.25) is 0 Å². The van der Waals surface area contributed by atoms with Crippen LogP contribution in [0.15, 0.2) is 54.6 Å². The zero-order valence-corrected chi connectivity index (χ0v) is 17.2. The topological polar surface area (TPSA) is 73.2 Å². The van der Waals surface area contributed by atoms with E-state index in [1.165, 1.54) is 0 Å². The predicted octanol–water partition coefficient (Wildman–Crippen LogP) is 3.77. The van der Waals surface area contributed by atoms with Crippen molar-refractivity contribution in [3.05, 3.63) is 88.2 Å². The Morgan fingerprint density at radius 3 is 2.70 bits per heavy atom. The average molecular weight is 403 g/mol. The molecule has 6 nitrogen and oxygen atoms in total. The number of benzene rings is 2. The van der Waals surface area contributed by atoms with Gasteiger partial charge >= 0.3 is 5.97 Å². The maximum absolute atomic E-state index is 12.6. The van der Waals surface area contributed by atoms with Gasteiger partial charge in [-0.2, -0.15) is 5.10 Å². The minimum atomic E-state index is -0.345. The average Bonchev–Trinajstić information content (AvgIpc) is 3.08. The van der Waals surface area contributed by atoms with Gasteiger partial charge in [-0.1, -0.05) is 30.3 Å². The second-order valence-corrected chi connectivity index (χ2v) is 7.64. The highest BCUT2D eigenvalue weighted by Gasteiger charge is 2.28. The highest BCUT2D eigenvalue weighted by Crippen LogP contribution is 2.31. The molecule has 2 heterocycles. The molecule has 0 spiro atoms. The fraction of sp³-hybridized carbons (Fsp3) is 0.292. The number of rotatable bonds is 6. The van der Waals surface area contributed by atoms with E-state index < -0.39 is 0 Å². The highest BCUT2D eigenvalue weighted by atomic mass is 16.5. The van der Waals surface area contributed by atoms with Crippen LogP contribution in [0.4, 0.5) is 0 Å². The van der Waals surface area contributed by atoms with E-state index in [9.17, 15) is 9.59 Å². The molecule has 0 radical (unpaired) electrons. The second-order valence-electron chi connectivity index (χ2n) is 7.64. The quantitative estimate of drug-likeness (QED) is 0.502. The predicted molar refractivity (Wildman–Crippen MR) is 113 cm³/mol. The van der Waals surface area contributed by atoms with Gasteiger partial charge in [0.2, 0.25) is 0 Å². The number of amides is 1. The number of aryl methyl sites for hydroxylation is 3. The molecule has 0 aliphatic carbocycles. The molecule has 30 heavy (non-hydrogen) atoms. The van der Waals surface area contributed by atoms with Crippen LogP contribution < -0.4 is 5.32 Å². The Bertz CT molecular complexity index is 1070. The molecule has 154 valence electrons. The molecular formula is C24H25N3O3. The minimum Gasteiger partial charge on any atom is -0.454 e. The Labute approximate surface area is 175 Å². The zero-order valence-electron chi connectivity index (χ0n) is 17.2. The molecule has 4 rings (SSSR count). The number of hydrogen-bond acceptors (Lipinski definition) is 4. The first-order valence-corrected chi connectivity index (χ1v) is 10.2. The van der Waals surface area contributed by atoms with Gasteiger partial charge in [-0.15, -0.1) is 0 Å². The van der Waals surface area contributed by atoms with Crippen LogP contribution in [0.1, 0.15) is 55.8 Å². The first-order valence-electron chi connectivity index (χ1n) is 10.2. The van der Waals surface area contributed by atoms with E-state index in [2.05, 4.69) is 10.4 Å². The van der Waals surface area contributed by atoms with Gasteiger partial charge in [0.1, 0.15) is 6.10 Å². The molecule has 1 N–H and O–H groups in total. The van der Waals surface area contributed by atoms with Crippen LogP contribution in [-0.2, 0) is 17.7 Å². The summed E-state index contributed by atoms with van der Waals surface area (Å²) in [5.41, 5.74) is 5.00. The first-order chi connectivity index (χ1) is 14.5. The molecule has 6 heteroatoms. The van der Waals surface area contributed by atoms with E-state index in [0.717, 1.165) is 35.5 Å². The standard InChI is InChI=1S/C24H25N3O3/c1-16-13-17(2)27(26-16)12-6-11-25-23(28)19-9-10-21-20(14-19)15-22(30-24(21)29)18-7-4-3-5-8-18/h3-5,7-10,13-14,22H,6,11-12,15H2,1-2H3,(H,25,28)/t22-/m1/s1. The third kappa shape index (κ3) is 4.27. The van der Waals surface area contributed by atoms with Gasteiger partial charge in [0, 0.05) is 30.8 Å². The Kier molecular flexibility index (Phi) is 5.65. The summed E-state index contributed by atoms with van der Waals surface area (Å²) in [4.78, 5) is 25.0. The van der Waals surface area contributed by atoms with E-state index in [4.69, 9.17) is 4.74 Å². The molecular weight excluding hydrogens is 378 g/mol. The molecule has 3 aromatic rings. The highest BCUT2D eigenvalue weighted by molar-refractivity contribution is 5.97. The van der Waals surface area contributed by atoms with E-state index in [0.29, 0.717) is 24.1 Å². The lowest BCUT2D eigenvalue weighted by Gasteiger charge is -2.25. The number of cyclic esters (lactones) is 1. The van der Waals surface area contributed by atoms with Gasteiger partial charge < -0.3 is 10.1 Å². The molecule has 1 aromatic heterocycles. The maximum atomic E-state index is 12.6. The number of carbonyl (C=O) groups excluding carboxylic acids is 2. The van der Waals surface area contributed by atoms with Crippen LogP contribution >= 0.6 is 0 Å². The number of esters is 1. The summed E-state index contributed by atoms with van der Waals surface area (Å²) in [6.45, 7) is 5.32. The molecule has 1 amide bonds. The summed E-state index contributed by atoms with van der Waals surface area (Å²) < 4.78 is 7.54. The zero-order chi connectivity index (χ0) is 21.1. The summed E-state index contributed by atoms with van der Waals surface area (Å²) in [5, 5.41) is 7.39. The summed E-state index contributed by atoms with van der Waals surface area (Å²) >= 11 is 0. The summed E-state index contributed by atoms with van der Waals surface area (Å²) in [7, 11) is 0. The second kappa shape index (κ2) is 8.53. The van der Waals surface area contributed by atoms with Crippen molar-refractivity contribution in [2.45, 2.75) is 39.3 Å². The molecule has 2 aromatic carbocycles. The smallest absolute Gasteiger partial charge is 0.339 e. The molecule has 0 unspecified atom stereocenters. The van der Waals surface area contributed by atoms with Crippen molar-refractivity contribution in [1.29, 1.82) is 0 Å². The number of aromatic nitrogens is 2. The SMILES string of the molecule is Cc1cc(C)n(CCCNC(=O)c2ccc3c(c2)C[C@H](c2ccccc2)OC3=O)n1. The number of carbonyl (C=O) groups is 2. The van der Waals surface area contributed by atoms with E-state index in [1.807, 2.05) is 61.0 Å². The van der Waals surface area contributed by atoms with Gasteiger partial charge in [-0.05, 0) is 55.7 Å². The number of hydrogen-bond donors (Lipinski definition) is 1. The van der Waals surface area contributed by atoms with Crippen molar-refractivity contribution < 1.29 is 14.3 Å². The lowest BCUT2D eigenvalue weighted by Crippen LogP contribution is -2.27. The number of nitrogens with zero attached hydrogens (tertiary/aromatic N) is 2. The third-order valence-electron chi connectivity index (χ3n) is 5.35. The van der Waals surface area contributed by atoms with Crippen molar-refractivity contribution in [2.75, 3.05) is 6.54 Å². The Morgan fingerprint density at radius 2 is 1.97 bits per heavy atom.